The Kier molecular flexibility index (Phi) is 4.34. The van der Waals surface area contributed by atoms with Crippen molar-refractivity contribution in [1.82, 2.24) is 14.3 Å². The van der Waals surface area contributed by atoms with Gasteiger partial charge in [-0.05, 0) is 38.6 Å². The summed E-state index contributed by atoms with van der Waals surface area (Å²) in [6.45, 7) is 3.02. The molecule has 0 bridgehead atoms. The van der Waals surface area contributed by atoms with Crippen molar-refractivity contribution in [2.45, 2.75) is 13.0 Å². The van der Waals surface area contributed by atoms with Gasteiger partial charge in [0.25, 0.3) is 0 Å². The number of nitrogens with zero attached hydrogens (tertiary/aromatic N) is 3. The van der Waals surface area contributed by atoms with Crippen LogP contribution in [0.3, 0.4) is 0 Å². The Morgan fingerprint density at radius 2 is 2.26 bits per heavy atom. The fourth-order valence-corrected chi connectivity index (χ4v) is 2.38. The highest BCUT2D eigenvalue weighted by Gasteiger charge is 2.14. The van der Waals surface area contributed by atoms with E-state index in [0.29, 0.717) is 11.9 Å². The molecule has 0 fully saturated rings. The minimum Gasteiger partial charge on any atom is -0.382 e. The van der Waals surface area contributed by atoms with E-state index in [9.17, 15) is 0 Å². The number of nitrogens with two attached hydrogens (primary N) is 1. The van der Waals surface area contributed by atoms with E-state index in [4.69, 9.17) is 5.73 Å². The van der Waals surface area contributed by atoms with Gasteiger partial charge in [0.15, 0.2) is 0 Å². The largest absolute Gasteiger partial charge is 0.382 e. The van der Waals surface area contributed by atoms with Gasteiger partial charge in [0, 0.05) is 30.5 Å². The zero-order valence-corrected chi connectivity index (χ0v) is 12.2. The second-order valence-corrected chi connectivity index (χ2v) is 5.48. The Morgan fingerprint density at radius 1 is 1.47 bits per heavy atom. The normalized spacial score (nSPS) is 12.6. The van der Waals surface area contributed by atoms with Gasteiger partial charge in [-0.2, -0.15) is 4.37 Å². The molecule has 2 heterocycles. The van der Waals surface area contributed by atoms with Crippen LogP contribution >= 0.6 is 11.5 Å². The third-order valence-electron chi connectivity index (χ3n) is 3.11. The molecular weight excluding hydrogens is 258 g/mol. The standard InChI is InChI=1S/C13H19N5S/c1-9(18(2)3)7-16-13-11(12(14)17-19-13)10-5-4-6-15-8-10/h4-6,8-9,16H,7H2,1-3H3,(H2,14,17). The molecule has 19 heavy (non-hydrogen) atoms. The number of hydrogen-bond acceptors (Lipinski definition) is 6. The van der Waals surface area contributed by atoms with E-state index in [2.05, 4.69) is 40.6 Å². The third-order valence-corrected chi connectivity index (χ3v) is 3.93. The van der Waals surface area contributed by atoms with Gasteiger partial charge >= 0.3 is 0 Å². The highest BCUT2D eigenvalue weighted by molar-refractivity contribution is 7.11. The van der Waals surface area contributed by atoms with Crippen LogP contribution < -0.4 is 11.1 Å². The monoisotopic (exact) mass is 277 g/mol. The van der Waals surface area contributed by atoms with Crippen LogP contribution in [-0.2, 0) is 0 Å². The van der Waals surface area contributed by atoms with Crippen LogP contribution in [0.4, 0.5) is 10.8 Å². The maximum atomic E-state index is 5.96. The maximum Gasteiger partial charge on any atom is 0.147 e. The van der Waals surface area contributed by atoms with Crippen molar-refractivity contribution >= 4 is 22.4 Å². The highest BCUT2D eigenvalue weighted by Crippen LogP contribution is 2.36. The van der Waals surface area contributed by atoms with Crippen molar-refractivity contribution in [3.05, 3.63) is 24.5 Å². The smallest absolute Gasteiger partial charge is 0.147 e. The van der Waals surface area contributed by atoms with Crippen LogP contribution in [0, 0.1) is 0 Å². The first kappa shape index (κ1) is 13.8. The SMILES string of the molecule is CC(CNc1snc(N)c1-c1cccnc1)N(C)C. The topological polar surface area (TPSA) is 67.1 Å². The van der Waals surface area contributed by atoms with Crippen LogP contribution in [0.25, 0.3) is 11.1 Å². The summed E-state index contributed by atoms with van der Waals surface area (Å²) >= 11 is 1.39. The minimum absolute atomic E-state index is 0.435. The van der Waals surface area contributed by atoms with Crippen molar-refractivity contribution in [2.24, 2.45) is 0 Å². The predicted molar refractivity (Wildman–Crippen MR) is 81.4 cm³/mol. The molecule has 5 nitrogen and oxygen atoms in total. The summed E-state index contributed by atoms with van der Waals surface area (Å²) in [5.74, 6) is 0.554. The lowest BCUT2D eigenvalue weighted by Crippen LogP contribution is -2.31. The first-order valence-corrected chi connectivity index (χ1v) is 6.92. The van der Waals surface area contributed by atoms with Crippen LogP contribution in [0.2, 0.25) is 0 Å². The molecule has 2 rings (SSSR count). The first-order valence-electron chi connectivity index (χ1n) is 6.15. The van der Waals surface area contributed by atoms with Gasteiger partial charge in [0.1, 0.15) is 10.8 Å². The molecule has 2 aromatic heterocycles. The number of anilines is 2. The molecule has 0 spiro atoms. The van der Waals surface area contributed by atoms with Crippen molar-refractivity contribution < 1.29 is 0 Å². The third kappa shape index (κ3) is 3.21. The Hall–Kier alpha value is -1.66. The van der Waals surface area contributed by atoms with Crippen LogP contribution in [-0.4, -0.2) is 40.9 Å². The van der Waals surface area contributed by atoms with Gasteiger partial charge in [-0.1, -0.05) is 6.07 Å². The number of pyridine rings is 1. The van der Waals surface area contributed by atoms with Gasteiger partial charge in [0.05, 0.1) is 5.56 Å². The molecule has 3 N–H and O–H groups in total. The minimum atomic E-state index is 0.435. The van der Waals surface area contributed by atoms with Crippen LogP contribution in [0.1, 0.15) is 6.92 Å². The molecule has 0 radical (unpaired) electrons. The summed E-state index contributed by atoms with van der Waals surface area (Å²) in [5, 5.41) is 4.42. The number of hydrogen-bond donors (Lipinski definition) is 2. The van der Waals surface area contributed by atoms with Crippen molar-refractivity contribution in [3.63, 3.8) is 0 Å². The van der Waals surface area contributed by atoms with Crippen molar-refractivity contribution in [2.75, 3.05) is 31.7 Å². The molecule has 0 aliphatic carbocycles. The number of likely N-dealkylation sites (N-methyl/N-ethyl adjacent to an activating group) is 1. The van der Waals surface area contributed by atoms with E-state index in [-0.39, 0.29) is 0 Å². The van der Waals surface area contributed by atoms with Gasteiger partial charge in [0.2, 0.25) is 0 Å². The van der Waals surface area contributed by atoms with E-state index in [0.717, 1.165) is 22.7 Å². The fourth-order valence-electron chi connectivity index (χ4n) is 1.64. The molecule has 1 atom stereocenters. The Morgan fingerprint density at radius 3 is 2.89 bits per heavy atom. The Balaban J connectivity index is 2.19. The molecule has 0 saturated carbocycles. The summed E-state index contributed by atoms with van der Waals surface area (Å²) < 4.78 is 4.23. The lowest BCUT2D eigenvalue weighted by molar-refractivity contribution is 0.326. The van der Waals surface area contributed by atoms with E-state index in [1.807, 2.05) is 12.1 Å². The zero-order valence-electron chi connectivity index (χ0n) is 11.4. The zero-order chi connectivity index (χ0) is 13.8. The van der Waals surface area contributed by atoms with Crippen LogP contribution in [0.15, 0.2) is 24.5 Å². The second kappa shape index (κ2) is 5.99. The van der Waals surface area contributed by atoms with Crippen molar-refractivity contribution in [3.8, 4) is 11.1 Å². The lowest BCUT2D eigenvalue weighted by atomic mass is 10.1. The maximum absolute atomic E-state index is 5.96. The van der Waals surface area contributed by atoms with E-state index in [1.165, 1.54) is 11.5 Å². The van der Waals surface area contributed by atoms with Gasteiger partial charge in [-0.3, -0.25) is 4.98 Å². The number of rotatable bonds is 5. The Bertz CT molecular complexity index is 523. The summed E-state index contributed by atoms with van der Waals surface area (Å²) in [6.07, 6.45) is 3.56. The molecule has 0 amide bonds. The fraction of sp³-hybridized carbons (Fsp3) is 0.385. The summed E-state index contributed by atoms with van der Waals surface area (Å²) in [7, 11) is 4.13. The first-order chi connectivity index (χ1) is 9.09. The number of nitrogen functional groups attached to an aromatic ring is 1. The average Bonchev–Trinajstić information content (AvgIpc) is 2.78. The highest BCUT2D eigenvalue weighted by atomic mass is 32.1. The molecule has 2 aromatic rings. The van der Waals surface area contributed by atoms with E-state index >= 15 is 0 Å². The summed E-state index contributed by atoms with van der Waals surface area (Å²) in [4.78, 5) is 6.30. The van der Waals surface area contributed by atoms with Crippen molar-refractivity contribution in [1.29, 1.82) is 0 Å². The number of nitrogens with one attached hydrogen (secondary N) is 1. The number of aromatic nitrogens is 2. The summed E-state index contributed by atoms with van der Waals surface area (Å²) in [5.41, 5.74) is 7.90. The summed E-state index contributed by atoms with van der Waals surface area (Å²) in [6, 6.07) is 4.33. The van der Waals surface area contributed by atoms with E-state index < -0.39 is 0 Å². The van der Waals surface area contributed by atoms with Crippen LogP contribution in [0.5, 0.6) is 0 Å². The van der Waals surface area contributed by atoms with Gasteiger partial charge in [-0.15, -0.1) is 0 Å². The second-order valence-electron chi connectivity index (χ2n) is 4.71. The average molecular weight is 277 g/mol. The molecule has 0 saturated heterocycles. The lowest BCUT2D eigenvalue weighted by Gasteiger charge is -2.20. The molecule has 0 aromatic carbocycles. The molecule has 6 heteroatoms. The quantitative estimate of drug-likeness (QED) is 0.876. The molecule has 0 aliphatic rings. The molecule has 102 valence electrons. The van der Waals surface area contributed by atoms with Gasteiger partial charge in [-0.25, -0.2) is 0 Å². The molecule has 1 unspecified atom stereocenters. The Labute approximate surface area is 117 Å². The molecule has 0 aliphatic heterocycles. The van der Waals surface area contributed by atoms with Gasteiger partial charge < -0.3 is 16.0 Å². The molecular formula is C13H19N5S. The predicted octanol–water partition coefficient (Wildman–Crippen LogP) is 2.15. The van der Waals surface area contributed by atoms with E-state index in [1.54, 1.807) is 12.4 Å².